The molecule has 2 N–H and O–H groups in total. The molecule has 0 spiro atoms. The molecule has 0 aromatic heterocycles. The van der Waals surface area contributed by atoms with E-state index in [0.29, 0.717) is 0 Å². The zero-order chi connectivity index (χ0) is 7.56. The Morgan fingerprint density at radius 2 is 2.30 bits per heavy atom. The lowest BCUT2D eigenvalue weighted by Gasteiger charge is -2.14. The van der Waals surface area contributed by atoms with Crippen molar-refractivity contribution in [2.24, 2.45) is 5.73 Å². The van der Waals surface area contributed by atoms with Gasteiger partial charge in [0.25, 0.3) is 0 Å². The Labute approximate surface area is 60.5 Å². The molecule has 1 aliphatic carbocycles. The summed E-state index contributed by atoms with van der Waals surface area (Å²) in [5, 5.41) is 0. The highest BCUT2D eigenvalue weighted by Crippen LogP contribution is 2.19. The summed E-state index contributed by atoms with van der Waals surface area (Å²) in [4.78, 5) is 10.5. The van der Waals surface area contributed by atoms with E-state index in [1.807, 2.05) is 0 Å². The Bertz CT molecular complexity index is 136. The van der Waals surface area contributed by atoms with Gasteiger partial charge in [0, 0.05) is 13.0 Å². The molecule has 1 aliphatic rings. The molecular formula is C7H13NO2. The van der Waals surface area contributed by atoms with Gasteiger partial charge in [-0.05, 0) is 19.3 Å². The second-order valence-electron chi connectivity index (χ2n) is 2.74. The molecule has 0 aliphatic heterocycles. The minimum Gasteiger partial charge on any atom is -0.461 e. The molecule has 3 nitrogen and oxygen atoms in total. The van der Waals surface area contributed by atoms with Crippen molar-refractivity contribution in [3.05, 3.63) is 0 Å². The fraction of sp³-hybridized carbons (Fsp3) is 0.857. The predicted octanol–water partition coefficient (Wildman–Crippen LogP) is 0.429. The Morgan fingerprint density at radius 3 is 2.70 bits per heavy atom. The summed E-state index contributed by atoms with van der Waals surface area (Å²) in [5.74, 6) is -0.220. The molecule has 1 rings (SSSR count). The SMILES string of the molecule is CC(=O)OC1CCCC1N. The first-order chi connectivity index (χ1) is 4.70. The van der Waals surface area contributed by atoms with Crippen LogP contribution in [0.4, 0.5) is 0 Å². The van der Waals surface area contributed by atoms with Crippen LogP contribution in [-0.2, 0) is 9.53 Å². The van der Waals surface area contributed by atoms with E-state index in [1.54, 1.807) is 0 Å². The van der Waals surface area contributed by atoms with Crippen molar-refractivity contribution in [3.63, 3.8) is 0 Å². The summed E-state index contributed by atoms with van der Waals surface area (Å²) in [7, 11) is 0. The summed E-state index contributed by atoms with van der Waals surface area (Å²) in [6.07, 6.45) is 2.98. The fourth-order valence-electron chi connectivity index (χ4n) is 1.31. The quantitative estimate of drug-likeness (QED) is 0.541. The van der Waals surface area contributed by atoms with Crippen LogP contribution in [0.3, 0.4) is 0 Å². The van der Waals surface area contributed by atoms with E-state index in [2.05, 4.69) is 0 Å². The lowest BCUT2D eigenvalue weighted by Crippen LogP contribution is -2.32. The molecule has 1 fully saturated rings. The summed E-state index contributed by atoms with van der Waals surface area (Å²) in [5.41, 5.74) is 5.65. The topological polar surface area (TPSA) is 52.3 Å². The number of carbonyl (C=O) groups excluding carboxylic acids is 1. The van der Waals surface area contributed by atoms with Crippen LogP contribution < -0.4 is 5.73 Å². The third-order valence-corrected chi connectivity index (χ3v) is 1.82. The molecule has 58 valence electrons. The number of hydrogen-bond donors (Lipinski definition) is 1. The summed E-state index contributed by atoms with van der Waals surface area (Å²) >= 11 is 0. The van der Waals surface area contributed by atoms with E-state index in [-0.39, 0.29) is 18.1 Å². The molecule has 0 radical (unpaired) electrons. The second kappa shape index (κ2) is 3.01. The minimum atomic E-state index is -0.220. The smallest absolute Gasteiger partial charge is 0.302 e. The van der Waals surface area contributed by atoms with Crippen LogP contribution in [-0.4, -0.2) is 18.1 Å². The highest BCUT2D eigenvalue weighted by atomic mass is 16.5. The van der Waals surface area contributed by atoms with Crippen molar-refractivity contribution >= 4 is 5.97 Å². The van der Waals surface area contributed by atoms with Gasteiger partial charge < -0.3 is 10.5 Å². The van der Waals surface area contributed by atoms with E-state index >= 15 is 0 Å². The third kappa shape index (κ3) is 1.70. The molecule has 0 amide bonds. The third-order valence-electron chi connectivity index (χ3n) is 1.82. The molecule has 1 saturated carbocycles. The maximum atomic E-state index is 10.5. The van der Waals surface area contributed by atoms with Crippen LogP contribution >= 0.6 is 0 Å². The zero-order valence-corrected chi connectivity index (χ0v) is 6.17. The van der Waals surface area contributed by atoms with Crippen LogP contribution in [0.15, 0.2) is 0 Å². The van der Waals surface area contributed by atoms with Gasteiger partial charge in [0.2, 0.25) is 0 Å². The van der Waals surface area contributed by atoms with Crippen molar-refractivity contribution in [1.29, 1.82) is 0 Å². The molecule has 2 atom stereocenters. The van der Waals surface area contributed by atoms with Crippen LogP contribution in [0.1, 0.15) is 26.2 Å². The van der Waals surface area contributed by atoms with Crippen molar-refractivity contribution in [1.82, 2.24) is 0 Å². The molecule has 0 heterocycles. The highest BCUT2D eigenvalue weighted by molar-refractivity contribution is 5.66. The van der Waals surface area contributed by atoms with Gasteiger partial charge in [-0.25, -0.2) is 0 Å². The van der Waals surface area contributed by atoms with Crippen LogP contribution in [0.2, 0.25) is 0 Å². The number of hydrogen-bond acceptors (Lipinski definition) is 3. The molecule has 0 aromatic rings. The summed E-state index contributed by atoms with van der Waals surface area (Å²) in [6.45, 7) is 1.42. The molecule has 10 heavy (non-hydrogen) atoms. The van der Waals surface area contributed by atoms with Crippen LogP contribution in [0, 0.1) is 0 Å². The van der Waals surface area contributed by atoms with Gasteiger partial charge >= 0.3 is 5.97 Å². The Hall–Kier alpha value is -0.570. The molecule has 0 bridgehead atoms. The number of rotatable bonds is 1. The molecular weight excluding hydrogens is 130 g/mol. The van der Waals surface area contributed by atoms with Crippen LogP contribution in [0.25, 0.3) is 0 Å². The number of esters is 1. The lowest BCUT2D eigenvalue weighted by atomic mass is 10.2. The predicted molar refractivity (Wildman–Crippen MR) is 37.4 cm³/mol. The lowest BCUT2D eigenvalue weighted by molar-refractivity contribution is -0.146. The highest BCUT2D eigenvalue weighted by Gasteiger charge is 2.25. The zero-order valence-electron chi connectivity index (χ0n) is 6.17. The maximum Gasteiger partial charge on any atom is 0.302 e. The average Bonchev–Trinajstić information content (AvgIpc) is 2.15. The monoisotopic (exact) mass is 143 g/mol. The number of nitrogens with two attached hydrogens (primary N) is 1. The summed E-state index contributed by atoms with van der Waals surface area (Å²) in [6, 6.07) is 0.0731. The van der Waals surface area contributed by atoms with Crippen LogP contribution in [0.5, 0.6) is 0 Å². The first kappa shape index (κ1) is 7.54. The van der Waals surface area contributed by atoms with Gasteiger partial charge in [0.05, 0.1) is 0 Å². The van der Waals surface area contributed by atoms with Crippen molar-refractivity contribution in [2.45, 2.75) is 38.3 Å². The van der Waals surface area contributed by atoms with Crippen molar-refractivity contribution in [3.8, 4) is 0 Å². The fourth-order valence-corrected chi connectivity index (χ4v) is 1.31. The second-order valence-corrected chi connectivity index (χ2v) is 2.74. The number of ether oxygens (including phenoxy) is 1. The Kier molecular flexibility index (Phi) is 2.27. The van der Waals surface area contributed by atoms with Gasteiger partial charge in [-0.15, -0.1) is 0 Å². The van der Waals surface area contributed by atoms with Crippen molar-refractivity contribution < 1.29 is 9.53 Å². The Morgan fingerprint density at radius 1 is 1.60 bits per heavy atom. The summed E-state index contributed by atoms with van der Waals surface area (Å²) < 4.78 is 4.96. The van der Waals surface area contributed by atoms with Gasteiger partial charge in [-0.3, -0.25) is 4.79 Å². The molecule has 2 unspecified atom stereocenters. The molecule has 3 heteroatoms. The van der Waals surface area contributed by atoms with E-state index in [1.165, 1.54) is 6.92 Å². The Balaban J connectivity index is 2.33. The number of carbonyl (C=O) groups is 1. The van der Waals surface area contributed by atoms with E-state index in [9.17, 15) is 4.79 Å². The molecule has 0 aromatic carbocycles. The first-order valence-electron chi connectivity index (χ1n) is 3.63. The normalized spacial score (nSPS) is 32.2. The average molecular weight is 143 g/mol. The molecule has 0 saturated heterocycles. The maximum absolute atomic E-state index is 10.5. The van der Waals surface area contributed by atoms with E-state index < -0.39 is 0 Å². The van der Waals surface area contributed by atoms with E-state index in [4.69, 9.17) is 10.5 Å². The van der Waals surface area contributed by atoms with E-state index in [0.717, 1.165) is 19.3 Å². The van der Waals surface area contributed by atoms with Gasteiger partial charge in [0.15, 0.2) is 0 Å². The standard InChI is InChI=1S/C7H13NO2/c1-5(9)10-7-4-2-3-6(7)8/h6-7H,2-4,8H2,1H3. The van der Waals surface area contributed by atoms with Gasteiger partial charge in [-0.1, -0.05) is 0 Å². The van der Waals surface area contributed by atoms with Gasteiger partial charge in [0.1, 0.15) is 6.10 Å². The largest absolute Gasteiger partial charge is 0.461 e. The van der Waals surface area contributed by atoms with Gasteiger partial charge in [-0.2, -0.15) is 0 Å². The minimum absolute atomic E-state index is 0.0162. The first-order valence-corrected chi connectivity index (χ1v) is 3.63. The van der Waals surface area contributed by atoms with Crippen molar-refractivity contribution in [2.75, 3.05) is 0 Å².